The Morgan fingerprint density at radius 2 is 2.15 bits per heavy atom. The zero-order valence-corrected chi connectivity index (χ0v) is 8.46. The molecular formula is C10H17N3. The van der Waals surface area contributed by atoms with E-state index in [1.807, 2.05) is 26.8 Å². The molecule has 3 N–H and O–H groups in total. The number of nitrogens with one attached hydrogen (secondary N) is 1. The van der Waals surface area contributed by atoms with E-state index < -0.39 is 0 Å². The molecule has 0 spiro atoms. The van der Waals surface area contributed by atoms with Crippen LogP contribution in [0.3, 0.4) is 0 Å². The number of anilines is 1. The average Bonchev–Trinajstić information content (AvgIpc) is 2.20. The van der Waals surface area contributed by atoms with E-state index in [1.165, 1.54) is 0 Å². The molecule has 13 heavy (non-hydrogen) atoms. The van der Waals surface area contributed by atoms with Crippen molar-refractivity contribution >= 4 is 11.5 Å². The van der Waals surface area contributed by atoms with Crippen molar-refractivity contribution in [1.29, 1.82) is 5.41 Å². The minimum Gasteiger partial charge on any atom is -0.383 e. The summed E-state index contributed by atoms with van der Waals surface area (Å²) in [6, 6.07) is 3.60. The van der Waals surface area contributed by atoms with E-state index in [1.54, 1.807) is 12.3 Å². The van der Waals surface area contributed by atoms with Gasteiger partial charge in [-0.2, -0.15) is 0 Å². The third-order valence-corrected chi connectivity index (χ3v) is 1.52. The predicted molar refractivity (Wildman–Crippen MR) is 57.1 cm³/mol. The SMILES string of the molecule is CC.CCC(=N)c1cccnc1N. The number of pyridine rings is 1. The molecule has 0 fully saturated rings. The number of rotatable bonds is 2. The Morgan fingerprint density at radius 3 is 2.62 bits per heavy atom. The number of nitrogen functional groups attached to an aromatic ring is 1. The van der Waals surface area contributed by atoms with Crippen LogP contribution in [0.2, 0.25) is 0 Å². The fraction of sp³-hybridized carbons (Fsp3) is 0.400. The highest BCUT2D eigenvalue weighted by molar-refractivity contribution is 6.01. The average molecular weight is 179 g/mol. The topological polar surface area (TPSA) is 62.8 Å². The summed E-state index contributed by atoms with van der Waals surface area (Å²) in [4.78, 5) is 3.89. The molecule has 1 rings (SSSR count). The summed E-state index contributed by atoms with van der Waals surface area (Å²) >= 11 is 0. The van der Waals surface area contributed by atoms with Gasteiger partial charge in [0.05, 0.1) is 0 Å². The fourth-order valence-electron chi connectivity index (χ4n) is 0.863. The highest BCUT2D eigenvalue weighted by Gasteiger charge is 2.02. The molecule has 0 aliphatic rings. The van der Waals surface area contributed by atoms with Gasteiger partial charge in [0.2, 0.25) is 0 Å². The van der Waals surface area contributed by atoms with Crippen LogP contribution in [0.1, 0.15) is 32.8 Å². The van der Waals surface area contributed by atoms with Crippen molar-refractivity contribution in [1.82, 2.24) is 4.98 Å². The van der Waals surface area contributed by atoms with Gasteiger partial charge in [-0.3, -0.25) is 0 Å². The Balaban J connectivity index is 0.000000671. The quantitative estimate of drug-likeness (QED) is 0.685. The summed E-state index contributed by atoms with van der Waals surface area (Å²) in [7, 11) is 0. The Labute approximate surface area is 79.5 Å². The van der Waals surface area contributed by atoms with Gasteiger partial charge in [0.15, 0.2) is 0 Å². The highest BCUT2D eigenvalue weighted by atomic mass is 14.8. The largest absolute Gasteiger partial charge is 0.383 e. The van der Waals surface area contributed by atoms with Crippen molar-refractivity contribution in [2.45, 2.75) is 27.2 Å². The number of aromatic nitrogens is 1. The van der Waals surface area contributed by atoms with Crippen LogP contribution in [-0.4, -0.2) is 10.7 Å². The maximum absolute atomic E-state index is 7.50. The molecule has 0 amide bonds. The molecule has 0 bridgehead atoms. The minimum absolute atomic E-state index is 0.444. The molecule has 1 aromatic rings. The second-order valence-corrected chi connectivity index (χ2v) is 2.27. The van der Waals surface area contributed by atoms with Crippen molar-refractivity contribution in [2.24, 2.45) is 0 Å². The van der Waals surface area contributed by atoms with Crippen LogP contribution in [-0.2, 0) is 0 Å². The van der Waals surface area contributed by atoms with Gasteiger partial charge < -0.3 is 11.1 Å². The van der Waals surface area contributed by atoms with E-state index in [0.29, 0.717) is 18.0 Å². The normalized spacial score (nSPS) is 8.54. The summed E-state index contributed by atoms with van der Waals surface area (Å²) in [6.45, 7) is 5.93. The first-order chi connectivity index (χ1) is 6.25. The predicted octanol–water partition coefficient (Wildman–Crippen LogP) is 2.47. The number of nitrogens with two attached hydrogens (primary N) is 1. The van der Waals surface area contributed by atoms with Gasteiger partial charge in [0.25, 0.3) is 0 Å². The van der Waals surface area contributed by atoms with Gasteiger partial charge in [0.1, 0.15) is 5.82 Å². The minimum atomic E-state index is 0.444. The molecule has 1 aromatic heterocycles. The summed E-state index contributed by atoms with van der Waals surface area (Å²) in [5.41, 5.74) is 6.83. The molecule has 72 valence electrons. The van der Waals surface area contributed by atoms with E-state index in [0.717, 1.165) is 5.56 Å². The van der Waals surface area contributed by atoms with Crippen LogP contribution in [0.25, 0.3) is 0 Å². The van der Waals surface area contributed by atoms with Gasteiger partial charge in [-0.25, -0.2) is 4.98 Å². The molecule has 0 unspecified atom stereocenters. The Morgan fingerprint density at radius 1 is 1.54 bits per heavy atom. The van der Waals surface area contributed by atoms with Crippen molar-refractivity contribution in [3.63, 3.8) is 0 Å². The maximum Gasteiger partial charge on any atom is 0.132 e. The van der Waals surface area contributed by atoms with Crippen LogP contribution < -0.4 is 5.73 Å². The van der Waals surface area contributed by atoms with Crippen molar-refractivity contribution < 1.29 is 0 Å². The van der Waals surface area contributed by atoms with E-state index in [9.17, 15) is 0 Å². The number of hydrogen-bond donors (Lipinski definition) is 2. The lowest BCUT2D eigenvalue weighted by atomic mass is 10.1. The van der Waals surface area contributed by atoms with E-state index in [4.69, 9.17) is 11.1 Å². The summed E-state index contributed by atoms with van der Waals surface area (Å²) in [5, 5.41) is 7.50. The first-order valence-corrected chi connectivity index (χ1v) is 4.54. The van der Waals surface area contributed by atoms with Gasteiger partial charge >= 0.3 is 0 Å². The van der Waals surface area contributed by atoms with Crippen LogP contribution in [0.4, 0.5) is 5.82 Å². The van der Waals surface area contributed by atoms with E-state index in [-0.39, 0.29) is 0 Å². The monoisotopic (exact) mass is 179 g/mol. The molecule has 3 nitrogen and oxygen atoms in total. The molecule has 3 heteroatoms. The van der Waals surface area contributed by atoms with Crippen molar-refractivity contribution in [3.05, 3.63) is 23.9 Å². The zero-order valence-electron chi connectivity index (χ0n) is 8.46. The molecule has 0 saturated heterocycles. The van der Waals surface area contributed by atoms with E-state index >= 15 is 0 Å². The molecule has 1 heterocycles. The van der Waals surface area contributed by atoms with Gasteiger partial charge in [-0.15, -0.1) is 0 Å². The lowest BCUT2D eigenvalue weighted by molar-refractivity contribution is 1.22. The van der Waals surface area contributed by atoms with E-state index in [2.05, 4.69) is 4.98 Å². The Bertz CT molecular complexity index is 269. The maximum atomic E-state index is 7.50. The highest BCUT2D eigenvalue weighted by Crippen LogP contribution is 2.08. The van der Waals surface area contributed by atoms with Crippen LogP contribution >= 0.6 is 0 Å². The van der Waals surface area contributed by atoms with Crippen LogP contribution in [0.15, 0.2) is 18.3 Å². The number of nitrogens with zero attached hydrogens (tertiary/aromatic N) is 1. The summed E-state index contributed by atoms with van der Waals surface area (Å²) in [6.07, 6.45) is 2.32. The fourth-order valence-corrected chi connectivity index (χ4v) is 0.863. The lowest BCUT2D eigenvalue weighted by Gasteiger charge is -2.02. The molecule has 0 atom stereocenters. The molecule has 0 aliphatic heterocycles. The molecule has 0 aromatic carbocycles. The second kappa shape index (κ2) is 6.17. The zero-order chi connectivity index (χ0) is 10.3. The Kier molecular flexibility index (Phi) is 5.52. The third-order valence-electron chi connectivity index (χ3n) is 1.52. The first kappa shape index (κ1) is 11.6. The Hall–Kier alpha value is -1.38. The van der Waals surface area contributed by atoms with Gasteiger partial charge in [0, 0.05) is 17.5 Å². The summed E-state index contributed by atoms with van der Waals surface area (Å²) in [5.74, 6) is 0.444. The van der Waals surface area contributed by atoms with Crippen LogP contribution in [0.5, 0.6) is 0 Å². The molecule has 0 radical (unpaired) electrons. The van der Waals surface area contributed by atoms with Gasteiger partial charge in [-0.1, -0.05) is 20.8 Å². The summed E-state index contributed by atoms with van der Waals surface area (Å²) < 4.78 is 0. The molecular weight excluding hydrogens is 162 g/mol. The third kappa shape index (κ3) is 3.23. The van der Waals surface area contributed by atoms with Crippen molar-refractivity contribution in [2.75, 3.05) is 5.73 Å². The van der Waals surface area contributed by atoms with Gasteiger partial charge in [-0.05, 0) is 18.6 Å². The van der Waals surface area contributed by atoms with Crippen molar-refractivity contribution in [3.8, 4) is 0 Å². The lowest BCUT2D eigenvalue weighted by Crippen LogP contribution is -2.03. The molecule has 0 aliphatic carbocycles. The second-order valence-electron chi connectivity index (χ2n) is 2.27. The first-order valence-electron chi connectivity index (χ1n) is 4.54. The molecule has 0 saturated carbocycles. The standard InChI is InChI=1S/C8H11N3.C2H6/c1-2-7(9)6-4-3-5-11-8(6)10;1-2/h3-5,9H,2H2,1H3,(H2,10,11);1-2H3. The smallest absolute Gasteiger partial charge is 0.132 e. The number of hydrogen-bond acceptors (Lipinski definition) is 3. The van der Waals surface area contributed by atoms with Crippen LogP contribution in [0, 0.1) is 5.41 Å².